The third kappa shape index (κ3) is 4.71. The van der Waals surface area contributed by atoms with Crippen LogP contribution in [-0.4, -0.2) is 6.21 Å². The third-order valence-electron chi connectivity index (χ3n) is 3.77. The van der Waals surface area contributed by atoms with Gasteiger partial charge in [-0.25, -0.2) is 0 Å². The Morgan fingerprint density at radius 3 is 2.60 bits per heavy atom. The van der Waals surface area contributed by atoms with E-state index in [1.54, 1.807) is 0 Å². The molecule has 2 nitrogen and oxygen atoms in total. The van der Waals surface area contributed by atoms with Crippen LogP contribution in [0.25, 0.3) is 0 Å². The number of aryl methyl sites for hydroxylation is 1. The highest BCUT2D eigenvalue weighted by Crippen LogP contribution is 2.25. The Kier molecular flexibility index (Phi) is 5.90. The number of nitrogens with zero attached hydrogens (tertiary/aromatic N) is 1. The van der Waals surface area contributed by atoms with Crippen molar-refractivity contribution < 1.29 is 4.74 Å². The summed E-state index contributed by atoms with van der Waals surface area (Å²) in [7, 11) is 0. The van der Waals surface area contributed by atoms with Gasteiger partial charge in [0.05, 0.1) is 5.69 Å². The zero-order valence-corrected chi connectivity index (χ0v) is 16.1. The van der Waals surface area contributed by atoms with E-state index >= 15 is 0 Å². The van der Waals surface area contributed by atoms with Crippen molar-refractivity contribution in [3.8, 4) is 5.75 Å². The number of benzene rings is 3. The van der Waals surface area contributed by atoms with Crippen molar-refractivity contribution in [2.75, 3.05) is 0 Å². The SMILES string of the molecule is Cc1ccccc1N=Cc1cc(Br)ccc1OCc1ccccc1Cl. The third-order valence-corrected chi connectivity index (χ3v) is 4.63. The first-order valence-electron chi connectivity index (χ1n) is 7.89. The van der Waals surface area contributed by atoms with Crippen molar-refractivity contribution in [2.24, 2.45) is 4.99 Å². The zero-order valence-electron chi connectivity index (χ0n) is 13.7. The molecule has 0 heterocycles. The Balaban J connectivity index is 1.83. The Morgan fingerprint density at radius 1 is 1.04 bits per heavy atom. The van der Waals surface area contributed by atoms with Crippen molar-refractivity contribution in [2.45, 2.75) is 13.5 Å². The Morgan fingerprint density at radius 2 is 1.80 bits per heavy atom. The first kappa shape index (κ1) is 17.7. The molecule has 0 bridgehead atoms. The summed E-state index contributed by atoms with van der Waals surface area (Å²) in [6.07, 6.45) is 1.83. The molecule has 0 aliphatic heterocycles. The second-order valence-electron chi connectivity index (χ2n) is 5.61. The minimum Gasteiger partial charge on any atom is -0.488 e. The van der Waals surface area contributed by atoms with Crippen LogP contribution >= 0.6 is 27.5 Å². The molecule has 3 aromatic carbocycles. The van der Waals surface area contributed by atoms with Gasteiger partial charge in [0.25, 0.3) is 0 Å². The van der Waals surface area contributed by atoms with E-state index in [2.05, 4.69) is 20.9 Å². The predicted molar refractivity (Wildman–Crippen MR) is 108 cm³/mol. The summed E-state index contributed by atoms with van der Waals surface area (Å²) >= 11 is 9.71. The van der Waals surface area contributed by atoms with Gasteiger partial charge in [0, 0.05) is 26.8 Å². The summed E-state index contributed by atoms with van der Waals surface area (Å²) in [5, 5.41) is 0.703. The molecule has 3 rings (SSSR count). The molecule has 126 valence electrons. The van der Waals surface area contributed by atoms with Gasteiger partial charge in [-0.3, -0.25) is 4.99 Å². The molecular formula is C21H17BrClNO. The van der Waals surface area contributed by atoms with E-state index in [0.29, 0.717) is 11.6 Å². The lowest BCUT2D eigenvalue weighted by Gasteiger charge is -2.11. The predicted octanol–water partition coefficient (Wildman–Crippen LogP) is 6.74. The highest BCUT2D eigenvalue weighted by Gasteiger charge is 2.06. The van der Waals surface area contributed by atoms with Gasteiger partial charge in [0.15, 0.2) is 0 Å². The van der Waals surface area contributed by atoms with Gasteiger partial charge in [-0.2, -0.15) is 0 Å². The highest BCUT2D eigenvalue weighted by atomic mass is 79.9. The van der Waals surface area contributed by atoms with Gasteiger partial charge in [0.1, 0.15) is 12.4 Å². The number of aliphatic imine (C=N–C) groups is 1. The molecule has 0 unspecified atom stereocenters. The molecule has 0 radical (unpaired) electrons. The van der Waals surface area contributed by atoms with Crippen LogP contribution in [-0.2, 0) is 6.61 Å². The topological polar surface area (TPSA) is 21.6 Å². The van der Waals surface area contributed by atoms with Crippen LogP contribution in [0.15, 0.2) is 76.2 Å². The highest BCUT2D eigenvalue weighted by molar-refractivity contribution is 9.10. The molecule has 0 N–H and O–H groups in total. The summed E-state index contributed by atoms with van der Waals surface area (Å²) in [4.78, 5) is 4.60. The molecule has 0 fully saturated rings. The van der Waals surface area contributed by atoms with Gasteiger partial charge >= 0.3 is 0 Å². The number of para-hydroxylation sites is 1. The fraction of sp³-hybridized carbons (Fsp3) is 0.0952. The molecule has 0 saturated carbocycles. The zero-order chi connectivity index (χ0) is 17.6. The van der Waals surface area contributed by atoms with Crippen LogP contribution in [0.3, 0.4) is 0 Å². The van der Waals surface area contributed by atoms with Gasteiger partial charge in [0.2, 0.25) is 0 Å². The van der Waals surface area contributed by atoms with Crippen LogP contribution in [0.5, 0.6) is 5.75 Å². The van der Waals surface area contributed by atoms with E-state index in [1.165, 1.54) is 0 Å². The van der Waals surface area contributed by atoms with Crippen LogP contribution in [0.4, 0.5) is 5.69 Å². The molecule has 3 aromatic rings. The van der Waals surface area contributed by atoms with Gasteiger partial charge in [-0.05, 0) is 42.8 Å². The lowest BCUT2D eigenvalue weighted by atomic mass is 10.2. The number of ether oxygens (including phenoxy) is 1. The van der Waals surface area contributed by atoms with E-state index in [4.69, 9.17) is 16.3 Å². The van der Waals surface area contributed by atoms with Gasteiger partial charge in [-0.1, -0.05) is 63.9 Å². The minimum absolute atomic E-state index is 0.409. The van der Waals surface area contributed by atoms with E-state index in [-0.39, 0.29) is 0 Å². The molecule has 0 aliphatic rings. The summed E-state index contributed by atoms with van der Waals surface area (Å²) in [5.74, 6) is 0.764. The second kappa shape index (κ2) is 8.32. The van der Waals surface area contributed by atoms with E-state index in [0.717, 1.165) is 32.6 Å². The van der Waals surface area contributed by atoms with E-state index in [9.17, 15) is 0 Å². The summed E-state index contributed by atoms with van der Waals surface area (Å²) in [6.45, 7) is 2.45. The smallest absolute Gasteiger partial charge is 0.128 e. The molecule has 0 aliphatic carbocycles. The minimum atomic E-state index is 0.409. The maximum atomic E-state index is 6.20. The molecule has 25 heavy (non-hydrogen) atoms. The first-order chi connectivity index (χ1) is 12.1. The summed E-state index contributed by atoms with van der Waals surface area (Å²) in [5.41, 5.74) is 3.94. The van der Waals surface area contributed by atoms with Gasteiger partial charge < -0.3 is 4.74 Å². The normalized spacial score (nSPS) is 11.0. The quantitative estimate of drug-likeness (QED) is 0.424. The van der Waals surface area contributed by atoms with Crippen LogP contribution in [0.1, 0.15) is 16.7 Å². The molecule has 0 spiro atoms. The monoisotopic (exact) mass is 413 g/mol. The van der Waals surface area contributed by atoms with Crippen LogP contribution in [0, 0.1) is 6.92 Å². The maximum Gasteiger partial charge on any atom is 0.128 e. The van der Waals surface area contributed by atoms with E-state index in [1.807, 2.05) is 79.9 Å². The first-order valence-corrected chi connectivity index (χ1v) is 9.06. The molecule has 0 aromatic heterocycles. The fourth-order valence-corrected chi connectivity index (χ4v) is 2.94. The summed E-state index contributed by atoms with van der Waals surface area (Å²) < 4.78 is 6.96. The van der Waals surface area contributed by atoms with Crippen molar-refractivity contribution in [1.29, 1.82) is 0 Å². The maximum absolute atomic E-state index is 6.20. The van der Waals surface area contributed by atoms with Crippen LogP contribution < -0.4 is 4.74 Å². The largest absolute Gasteiger partial charge is 0.488 e. The van der Waals surface area contributed by atoms with Crippen LogP contribution in [0.2, 0.25) is 5.02 Å². The molecular weight excluding hydrogens is 398 g/mol. The van der Waals surface area contributed by atoms with Crippen molar-refractivity contribution in [3.63, 3.8) is 0 Å². The lowest BCUT2D eigenvalue weighted by Crippen LogP contribution is -1.99. The van der Waals surface area contributed by atoms with Crippen molar-refractivity contribution in [1.82, 2.24) is 0 Å². The molecule has 0 amide bonds. The van der Waals surface area contributed by atoms with Crippen molar-refractivity contribution in [3.05, 3.63) is 92.9 Å². The average molecular weight is 415 g/mol. The summed E-state index contributed by atoms with van der Waals surface area (Å²) in [6, 6.07) is 21.6. The Hall–Kier alpha value is -2.10. The average Bonchev–Trinajstić information content (AvgIpc) is 2.61. The molecule has 4 heteroatoms. The standard InChI is InChI=1S/C21H17BrClNO/c1-15-6-2-5-9-20(15)24-13-17-12-18(22)10-11-21(17)25-14-16-7-3-4-8-19(16)23/h2-13H,14H2,1H3. The van der Waals surface area contributed by atoms with E-state index < -0.39 is 0 Å². The number of hydrogen-bond acceptors (Lipinski definition) is 2. The lowest BCUT2D eigenvalue weighted by molar-refractivity contribution is 0.306. The fourth-order valence-electron chi connectivity index (χ4n) is 2.37. The number of rotatable bonds is 5. The Labute approximate surface area is 161 Å². The molecule has 0 saturated heterocycles. The number of hydrogen-bond donors (Lipinski definition) is 0. The number of halogens is 2. The van der Waals surface area contributed by atoms with Crippen molar-refractivity contribution >= 4 is 39.4 Å². The second-order valence-corrected chi connectivity index (χ2v) is 6.93. The molecule has 0 atom stereocenters. The Bertz CT molecular complexity index is 908. The van der Waals surface area contributed by atoms with Gasteiger partial charge in [-0.15, -0.1) is 0 Å².